The Balaban J connectivity index is 2.12. The monoisotopic (exact) mass is 308 g/mol. The molecule has 0 saturated carbocycles. The van der Waals surface area contributed by atoms with E-state index in [-0.39, 0.29) is 5.02 Å². The highest BCUT2D eigenvalue weighted by Crippen LogP contribution is 2.20. The van der Waals surface area contributed by atoms with E-state index in [4.69, 9.17) is 29.6 Å². The van der Waals surface area contributed by atoms with Gasteiger partial charge in [0, 0.05) is 24.8 Å². The fourth-order valence-corrected chi connectivity index (χ4v) is 2.22. The number of rotatable bonds is 4. The van der Waals surface area contributed by atoms with Crippen LogP contribution in [0.5, 0.6) is 0 Å². The first-order valence-electron chi connectivity index (χ1n) is 6.02. The van der Waals surface area contributed by atoms with Crippen LogP contribution in [0.2, 0.25) is 5.02 Å². The van der Waals surface area contributed by atoms with Crippen LogP contribution in [-0.2, 0) is 6.54 Å². The molecule has 2 rings (SSSR count). The number of thiocarbonyl (C=S) groups is 1. The van der Waals surface area contributed by atoms with E-state index < -0.39 is 5.82 Å². The largest absolute Gasteiger partial charge is 0.389 e. The molecule has 2 aromatic rings. The number of anilines is 1. The lowest BCUT2D eigenvalue weighted by atomic mass is 10.1. The first kappa shape index (κ1) is 14.8. The van der Waals surface area contributed by atoms with E-state index in [9.17, 15) is 4.39 Å². The highest BCUT2D eigenvalue weighted by Gasteiger charge is 2.06. The average molecular weight is 309 g/mol. The van der Waals surface area contributed by atoms with Gasteiger partial charge in [-0.1, -0.05) is 29.9 Å². The smallest absolute Gasteiger partial charge is 0.141 e. The zero-order valence-electron chi connectivity index (χ0n) is 10.9. The molecule has 2 N–H and O–H groups in total. The standard InChI is InChI=1S/C15H14ClFN2S/c1-19(9-10-2-7-14(17)13(16)8-10)12-5-3-11(4-6-12)15(18)20/h2-8H,9H2,1H3,(H2,18,20). The number of hydrogen-bond acceptors (Lipinski definition) is 2. The Kier molecular flexibility index (Phi) is 4.57. The Morgan fingerprint density at radius 3 is 2.45 bits per heavy atom. The number of nitrogens with zero attached hydrogens (tertiary/aromatic N) is 1. The summed E-state index contributed by atoms with van der Waals surface area (Å²) in [6.45, 7) is 0.631. The summed E-state index contributed by atoms with van der Waals surface area (Å²) in [6.07, 6.45) is 0. The van der Waals surface area contributed by atoms with Crippen molar-refractivity contribution in [3.8, 4) is 0 Å². The van der Waals surface area contributed by atoms with Gasteiger partial charge >= 0.3 is 0 Å². The second-order valence-corrected chi connectivity index (χ2v) is 5.36. The fraction of sp³-hybridized carbons (Fsp3) is 0.133. The zero-order valence-corrected chi connectivity index (χ0v) is 12.5. The summed E-state index contributed by atoms with van der Waals surface area (Å²) in [5, 5.41) is 0.139. The molecule has 0 saturated heterocycles. The lowest BCUT2D eigenvalue weighted by Crippen LogP contribution is -2.17. The maximum absolute atomic E-state index is 13.1. The molecule has 0 heterocycles. The minimum absolute atomic E-state index is 0.139. The normalized spacial score (nSPS) is 10.3. The first-order chi connectivity index (χ1) is 9.47. The molecule has 0 bridgehead atoms. The van der Waals surface area contributed by atoms with Gasteiger partial charge in [0.1, 0.15) is 10.8 Å². The van der Waals surface area contributed by atoms with Crippen LogP contribution in [0.3, 0.4) is 0 Å². The van der Waals surface area contributed by atoms with Crippen molar-refractivity contribution in [2.24, 2.45) is 5.73 Å². The van der Waals surface area contributed by atoms with E-state index >= 15 is 0 Å². The molecule has 0 aliphatic heterocycles. The summed E-state index contributed by atoms with van der Waals surface area (Å²) in [4.78, 5) is 2.41. The molecule has 5 heteroatoms. The van der Waals surface area contributed by atoms with Crippen molar-refractivity contribution in [1.29, 1.82) is 0 Å². The van der Waals surface area contributed by atoms with Crippen LogP contribution in [0.15, 0.2) is 42.5 Å². The second-order valence-electron chi connectivity index (χ2n) is 4.52. The van der Waals surface area contributed by atoms with E-state index in [0.29, 0.717) is 11.5 Å². The van der Waals surface area contributed by atoms with Crippen molar-refractivity contribution < 1.29 is 4.39 Å². The maximum Gasteiger partial charge on any atom is 0.141 e. The quantitative estimate of drug-likeness (QED) is 0.872. The van der Waals surface area contributed by atoms with E-state index in [1.165, 1.54) is 6.07 Å². The Morgan fingerprint density at radius 1 is 1.25 bits per heavy atom. The predicted molar refractivity (Wildman–Crippen MR) is 85.8 cm³/mol. The van der Waals surface area contributed by atoms with Crippen molar-refractivity contribution >= 4 is 34.5 Å². The third-order valence-corrected chi connectivity index (χ3v) is 3.52. The van der Waals surface area contributed by atoms with Crippen molar-refractivity contribution in [3.63, 3.8) is 0 Å². The minimum Gasteiger partial charge on any atom is -0.389 e. The zero-order chi connectivity index (χ0) is 14.7. The van der Waals surface area contributed by atoms with Crippen molar-refractivity contribution in [3.05, 3.63) is 64.4 Å². The maximum atomic E-state index is 13.1. The molecule has 0 aromatic heterocycles. The average Bonchev–Trinajstić information content (AvgIpc) is 2.43. The van der Waals surface area contributed by atoms with Crippen molar-refractivity contribution in [1.82, 2.24) is 0 Å². The molecule has 0 radical (unpaired) electrons. The van der Waals surface area contributed by atoms with Gasteiger partial charge in [0.25, 0.3) is 0 Å². The second kappa shape index (κ2) is 6.20. The van der Waals surface area contributed by atoms with Gasteiger partial charge in [-0.2, -0.15) is 0 Å². The molecule has 20 heavy (non-hydrogen) atoms. The molecule has 0 unspecified atom stereocenters. The van der Waals surface area contributed by atoms with Gasteiger partial charge in [0.2, 0.25) is 0 Å². The molecule has 0 aliphatic rings. The molecule has 2 nitrogen and oxygen atoms in total. The van der Waals surface area contributed by atoms with Crippen LogP contribution >= 0.6 is 23.8 Å². The number of benzene rings is 2. The SMILES string of the molecule is CN(Cc1ccc(F)c(Cl)c1)c1ccc(C(N)=S)cc1. The van der Waals surface area contributed by atoms with Crippen LogP contribution < -0.4 is 10.6 Å². The molecule has 0 fully saturated rings. The van der Waals surface area contributed by atoms with E-state index in [1.54, 1.807) is 12.1 Å². The van der Waals surface area contributed by atoms with Crippen LogP contribution in [0.4, 0.5) is 10.1 Å². The van der Waals surface area contributed by atoms with Gasteiger partial charge in [-0.3, -0.25) is 0 Å². The summed E-state index contributed by atoms with van der Waals surface area (Å²) in [6, 6.07) is 12.4. The summed E-state index contributed by atoms with van der Waals surface area (Å²) < 4.78 is 13.1. The summed E-state index contributed by atoms with van der Waals surface area (Å²) in [5.41, 5.74) is 8.36. The molecule has 0 spiro atoms. The van der Waals surface area contributed by atoms with Gasteiger partial charge in [-0.15, -0.1) is 0 Å². The molecular weight excluding hydrogens is 295 g/mol. The summed E-state index contributed by atoms with van der Waals surface area (Å²) in [7, 11) is 1.95. The van der Waals surface area contributed by atoms with Crippen molar-refractivity contribution in [2.45, 2.75) is 6.54 Å². The molecular formula is C15H14ClFN2S. The van der Waals surface area contributed by atoms with Crippen LogP contribution in [0.25, 0.3) is 0 Å². The Bertz CT molecular complexity index is 628. The third-order valence-electron chi connectivity index (χ3n) is 3.00. The number of halogens is 2. The Morgan fingerprint density at radius 2 is 1.90 bits per heavy atom. The molecule has 104 valence electrons. The predicted octanol–water partition coefficient (Wildman–Crippen LogP) is 3.75. The van der Waals surface area contributed by atoms with E-state index in [2.05, 4.69) is 0 Å². The van der Waals surface area contributed by atoms with Crippen molar-refractivity contribution in [2.75, 3.05) is 11.9 Å². The molecule has 2 aromatic carbocycles. The highest BCUT2D eigenvalue weighted by atomic mass is 35.5. The molecule has 0 aliphatic carbocycles. The van der Waals surface area contributed by atoms with Gasteiger partial charge in [0.15, 0.2) is 0 Å². The van der Waals surface area contributed by atoms with Crippen LogP contribution in [-0.4, -0.2) is 12.0 Å². The van der Waals surface area contributed by atoms with Gasteiger partial charge in [-0.05, 0) is 42.0 Å². The number of nitrogens with two attached hydrogens (primary N) is 1. The topological polar surface area (TPSA) is 29.3 Å². The Hall–Kier alpha value is -1.65. The lowest BCUT2D eigenvalue weighted by molar-refractivity contribution is 0.627. The van der Waals surface area contributed by atoms with Gasteiger partial charge < -0.3 is 10.6 Å². The van der Waals surface area contributed by atoms with Crippen LogP contribution in [0.1, 0.15) is 11.1 Å². The van der Waals surface area contributed by atoms with Gasteiger partial charge in [0.05, 0.1) is 5.02 Å². The fourth-order valence-electron chi connectivity index (χ4n) is 1.88. The number of hydrogen-bond donors (Lipinski definition) is 1. The Labute approximate surface area is 128 Å². The molecule has 0 amide bonds. The van der Waals surface area contributed by atoms with E-state index in [1.807, 2.05) is 36.2 Å². The summed E-state index contributed by atoms with van der Waals surface area (Å²) in [5.74, 6) is -0.404. The molecule has 0 atom stereocenters. The van der Waals surface area contributed by atoms with E-state index in [0.717, 1.165) is 16.8 Å². The van der Waals surface area contributed by atoms with Gasteiger partial charge in [-0.25, -0.2) is 4.39 Å². The van der Waals surface area contributed by atoms with Crippen LogP contribution in [0, 0.1) is 5.82 Å². The minimum atomic E-state index is -0.404. The highest BCUT2D eigenvalue weighted by molar-refractivity contribution is 7.80. The first-order valence-corrected chi connectivity index (χ1v) is 6.81. The summed E-state index contributed by atoms with van der Waals surface area (Å²) >= 11 is 10.7. The third kappa shape index (κ3) is 3.46. The lowest BCUT2D eigenvalue weighted by Gasteiger charge is -2.20.